The summed E-state index contributed by atoms with van der Waals surface area (Å²) in [6.45, 7) is 1.86. The van der Waals surface area contributed by atoms with E-state index in [1.807, 2.05) is 25.1 Å². The van der Waals surface area contributed by atoms with Crippen molar-refractivity contribution < 1.29 is 17.6 Å². The Bertz CT molecular complexity index is 1190. The van der Waals surface area contributed by atoms with Crippen molar-refractivity contribution in [3.05, 3.63) is 89.7 Å². The summed E-state index contributed by atoms with van der Waals surface area (Å²) in [5, 5.41) is 2.58. The first kappa shape index (κ1) is 19.1. The molecule has 0 aromatic heterocycles. The monoisotopic (exact) mass is 410 g/mol. The minimum absolute atomic E-state index is 0.0351. The highest BCUT2D eigenvalue weighted by Gasteiger charge is 2.36. The zero-order valence-corrected chi connectivity index (χ0v) is 16.5. The van der Waals surface area contributed by atoms with E-state index in [2.05, 4.69) is 5.32 Å². The molecule has 29 heavy (non-hydrogen) atoms. The fourth-order valence-corrected chi connectivity index (χ4v) is 5.32. The zero-order valence-electron chi connectivity index (χ0n) is 15.7. The van der Waals surface area contributed by atoms with Gasteiger partial charge in [0.15, 0.2) is 0 Å². The Morgan fingerprint density at radius 2 is 1.79 bits per heavy atom. The third kappa shape index (κ3) is 3.61. The normalized spacial score (nSPS) is 15.8. The number of nitrogens with zero attached hydrogens (tertiary/aromatic N) is 1. The summed E-state index contributed by atoms with van der Waals surface area (Å²) in [4.78, 5) is 12.6. The van der Waals surface area contributed by atoms with Gasteiger partial charge in [-0.05, 0) is 61.4 Å². The highest BCUT2D eigenvalue weighted by molar-refractivity contribution is 7.92. The topological polar surface area (TPSA) is 66.5 Å². The molecule has 1 aliphatic rings. The molecule has 0 saturated carbocycles. The maximum Gasteiger partial charge on any atom is 0.264 e. The second-order valence-corrected chi connectivity index (χ2v) is 8.79. The van der Waals surface area contributed by atoms with Crippen LogP contribution in [0.15, 0.2) is 77.7 Å². The molecule has 0 bridgehead atoms. The van der Waals surface area contributed by atoms with E-state index in [0.717, 1.165) is 5.56 Å². The molecule has 0 radical (unpaired) electrons. The van der Waals surface area contributed by atoms with Gasteiger partial charge in [-0.1, -0.05) is 30.3 Å². The molecule has 3 aromatic rings. The Morgan fingerprint density at radius 3 is 2.59 bits per heavy atom. The van der Waals surface area contributed by atoms with Crippen LogP contribution in [0.5, 0.6) is 0 Å². The van der Waals surface area contributed by atoms with Gasteiger partial charge >= 0.3 is 0 Å². The van der Waals surface area contributed by atoms with Crippen molar-refractivity contribution in [3.8, 4) is 0 Å². The predicted octanol–water partition coefficient (Wildman–Crippen LogP) is 4.22. The highest BCUT2D eigenvalue weighted by Crippen LogP contribution is 2.36. The zero-order chi connectivity index (χ0) is 20.6. The van der Waals surface area contributed by atoms with Gasteiger partial charge in [-0.2, -0.15) is 0 Å². The van der Waals surface area contributed by atoms with Gasteiger partial charge in [0, 0.05) is 17.3 Å². The van der Waals surface area contributed by atoms with E-state index in [4.69, 9.17) is 0 Å². The minimum Gasteiger partial charge on any atom is -0.322 e. The van der Waals surface area contributed by atoms with Crippen LogP contribution in [0.1, 0.15) is 22.8 Å². The average molecular weight is 410 g/mol. The molecule has 1 unspecified atom stereocenters. The first-order valence-corrected chi connectivity index (χ1v) is 10.6. The number of carbonyl (C=O) groups excluding carboxylic acids is 1. The molecule has 0 spiro atoms. The molecule has 7 heteroatoms. The maximum atomic E-state index is 13.3. The van der Waals surface area contributed by atoms with Crippen molar-refractivity contribution in [1.29, 1.82) is 0 Å². The van der Waals surface area contributed by atoms with Crippen molar-refractivity contribution in [2.45, 2.75) is 24.3 Å². The molecule has 0 saturated heterocycles. The van der Waals surface area contributed by atoms with E-state index >= 15 is 0 Å². The number of anilines is 2. The van der Waals surface area contributed by atoms with Gasteiger partial charge in [0.2, 0.25) is 0 Å². The number of rotatable bonds is 4. The lowest BCUT2D eigenvalue weighted by atomic mass is 10.1. The molecule has 1 N–H and O–H groups in total. The number of carbonyl (C=O) groups is 1. The van der Waals surface area contributed by atoms with Crippen molar-refractivity contribution in [2.24, 2.45) is 0 Å². The van der Waals surface area contributed by atoms with Crippen LogP contribution in [0, 0.1) is 5.82 Å². The fourth-order valence-electron chi connectivity index (χ4n) is 3.58. The first-order valence-electron chi connectivity index (χ1n) is 9.15. The van der Waals surface area contributed by atoms with Crippen LogP contribution in [0.3, 0.4) is 0 Å². The Kier molecular flexibility index (Phi) is 4.84. The third-order valence-electron chi connectivity index (χ3n) is 4.88. The molecule has 5 nitrogen and oxygen atoms in total. The smallest absolute Gasteiger partial charge is 0.264 e. The SMILES string of the molecule is CC1Cc2ccccc2N1S(=O)(=O)c1cccc(C(=O)Nc2cccc(F)c2)c1. The lowest BCUT2D eigenvalue weighted by Gasteiger charge is -2.24. The van der Waals surface area contributed by atoms with E-state index in [9.17, 15) is 17.6 Å². The molecule has 1 amide bonds. The number of sulfonamides is 1. The second kappa shape index (κ2) is 7.33. The number of nitrogens with one attached hydrogen (secondary N) is 1. The number of amides is 1. The van der Waals surface area contributed by atoms with Crippen molar-refractivity contribution in [3.63, 3.8) is 0 Å². The van der Waals surface area contributed by atoms with E-state index < -0.39 is 21.7 Å². The summed E-state index contributed by atoms with van der Waals surface area (Å²) in [6, 6.07) is 18.6. The van der Waals surface area contributed by atoms with E-state index in [1.165, 1.54) is 46.8 Å². The Hall–Kier alpha value is -3.19. The van der Waals surface area contributed by atoms with Gasteiger partial charge in [-0.3, -0.25) is 9.10 Å². The summed E-state index contributed by atoms with van der Waals surface area (Å²) in [5.41, 5.74) is 2.11. The number of benzene rings is 3. The summed E-state index contributed by atoms with van der Waals surface area (Å²) in [5.74, 6) is -0.983. The Morgan fingerprint density at radius 1 is 1.03 bits per heavy atom. The van der Waals surface area contributed by atoms with Gasteiger partial charge in [-0.25, -0.2) is 12.8 Å². The predicted molar refractivity (Wildman–Crippen MR) is 110 cm³/mol. The first-order chi connectivity index (χ1) is 13.9. The molecule has 148 valence electrons. The van der Waals surface area contributed by atoms with Crippen molar-refractivity contribution in [2.75, 3.05) is 9.62 Å². The third-order valence-corrected chi connectivity index (χ3v) is 6.80. The quantitative estimate of drug-likeness (QED) is 0.700. The van der Waals surface area contributed by atoms with Gasteiger partial charge in [0.1, 0.15) is 5.82 Å². The Balaban J connectivity index is 1.65. The summed E-state index contributed by atoms with van der Waals surface area (Å²) >= 11 is 0. The molecule has 1 aliphatic heterocycles. The van der Waals surface area contributed by atoms with Crippen LogP contribution in [-0.4, -0.2) is 20.4 Å². The molecule has 0 aliphatic carbocycles. The van der Waals surface area contributed by atoms with Crippen LogP contribution in [0.2, 0.25) is 0 Å². The van der Waals surface area contributed by atoms with Crippen molar-refractivity contribution >= 4 is 27.3 Å². The molecular formula is C22H19FN2O3S. The maximum absolute atomic E-state index is 13.3. The average Bonchev–Trinajstić information content (AvgIpc) is 3.04. The number of hydrogen-bond acceptors (Lipinski definition) is 3. The van der Waals surface area contributed by atoms with Gasteiger partial charge in [-0.15, -0.1) is 0 Å². The molecule has 3 aromatic carbocycles. The van der Waals surface area contributed by atoms with Crippen molar-refractivity contribution in [1.82, 2.24) is 0 Å². The summed E-state index contributed by atoms with van der Waals surface area (Å²) in [6.07, 6.45) is 0.634. The van der Waals surface area contributed by atoms with Crippen LogP contribution in [-0.2, 0) is 16.4 Å². The lowest BCUT2D eigenvalue weighted by Crippen LogP contribution is -2.35. The van der Waals surface area contributed by atoms with Crippen LogP contribution >= 0.6 is 0 Å². The molecule has 0 fully saturated rings. The second-order valence-electron chi connectivity index (χ2n) is 6.98. The lowest BCUT2D eigenvalue weighted by molar-refractivity contribution is 0.102. The fraction of sp³-hybridized carbons (Fsp3) is 0.136. The van der Waals surface area contributed by atoms with E-state index in [0.29, 0.717) is 17.8 Å². The van der Waals surface area contributed by atoms with E-state index in [1.54, 1.807) is 12.1 Å². The standard InChI is InChI=1S/C22H19FN2O3S/c1-15-12-16-6-2-3-11-21(16)25(15)29(27,28)20-10-4-7-17(13-20)22(26)24-19-9-5-8-18(23)14-19/h2-11,13-15H,12H2,1H3,(H,24,26). The minimum atomic E-state index is -3.84. The number of hydrogen-bond donors (Lipinski definition) is 1. The number of para-hydroxylation sites is 1. The van der Waals surface area contributed by atoms with Crippen LogP contribution in [0.4, 0.5) is 15.8 Å². The summed E-state index contributed by atoms with van der Waals surface area (Å²) < 4.78 is 41.4. The molecule has 4 rings (SSSR count). The van der Waals surface area contributed by atoms with Crippen LogP contribution in [0.25, 0.3) is 0 Å². The molecule has 1 atom stereocenters. The molecular weight excluding hydrogens is 391 g/mol. The van der Waals surface area contributed by atoms with Gasteiger partial charge < -0.3 is 5.32 Å². The number of halogens is 1. The van der Waals surface area contributed by atoms with E-state index in [-0.39, 0.29) is 16.5 Å². The van der Waals surface area contributed by atoms with Crippen LogP contribution < -0.4 is 9.62 Å². The number of fused-ring (bicyclic) bond motifs is 1. The molecule has 1 heterocycles. The van der Waals surface area contributed by atoms with Gasteiger partial charge in [0.25, 0.3) is 15.9 Å². The summed E-state index contributed by atoms with van der Waals surface area (Å²) in [7, 11) is -3.84. The Labute approximate surface area is 168 Å². The largest absolute Gasteiger partial charge is 0.322 e. The van der Waals surface area contributed by atoms with Gasteiger partial charge in [0.05, 0.1) is 10.6 Å². The highest BCUT2D eigenvalue weighted by atomic mass is 32.2.